The summed E-state index contributed by atoms with van der Waals surface area (Å²) in [5, 5.41) is 6.55. The van der Waals surface area contributed by atoms with E-state index in [0.717, 1.165) is 38.5 Å². The molecule has 0 aliphatic carbocycles. The number of fused-ring (bicyclic) bond motifs is 3. The topological polar surface area (TPSA) is 52.0 Å². The third-order valence-electron chi connectivity index (χ3n) is 5.56. The first-order valence-corrected chi connectivity index (χ1v) is 9.14. The van der Waals surface area contributed by atoms with Crippen LogP contribution in [0.3, 0.4) is 0 Å². The molecule has 0 heterocycles. The van der Waals surface area contributed by atoms with E-state index in [1.54, 1.807) is 0 Å². The van der Waals surface area contributed by atoms with Crippen LogP contribution in [0.1, 0.15) is 5.56 Å². The molecule has 0 radical (unpaired) electrons. The summed E-state index contributed by atoms with van der Waals surface area (Å²) < 4.78 is 0. The van der Waals surface area contributed by atoms with E-state index in [2.05, 4.69) is 61.5 Å². The smallest absolute Gasteiger partial charge is 0.0481 e. The second kappa shape index (κ2) is 5.75. The molecule has 2 heteroatoms. The third kappa shape index (κ3) is 2.20. The fourth-order valence-electron chi connectivity index (χ4n) is 4.21. The van der Waals surface area contributed by atoms with E-state index in [0.29, 0.717) is 0 Å². The van der Waals surface area contributed by atoms with Crippen molar-refractivity contribution in [3.8, 4) is 11.1 Å². The van der Waals surface area contributed by atoms with Gasteiger partial charge in [0.05, 0.1) is 0 Å². The second-order valence-corrected chi connectivity index (χ2v) is 7.08. The zero-order valence-corrected chi connectivity index (χ0v) is 15.2. The van der Waals surface area contributed by atoms with Gasteiger partial charge in [-0.1, -0.05) is 78.9 Å². The van der Waals surface area contributed by atoms with Crippen LogP contribution >= 0.6 is 0 Å². The predicted molar refractivity (Wildman–Crippen MR) is 118 cm³/mol. The first-order chi connectivity index (χ1) is 13.2. The summed E-state index contributed by atoms with van der Waals surface area (Å²) >= 11 is 0. The highest BCUT2D eigenvalue weighted by Crippen LogP contribution is 2.43. The largest absolute Gasteiger partial charge is 0.398 e. The van der Waals surface area contributed by atoms with E-state index in [4.69, 9.17) is 11.5 Å². The summed E-state index contributed by atoms with van der Waals surface area (Å²) in [5.74, 6) is 0. The van der Waals surface area contributed by atoms with Gasteiger partial charge in [0, 0.05) is 32.9 Å². The Balaban J connectivity index is 1.98. The van der Waals surface area contributed by atoms with Gasteiger partial charge in [0.25, 0.3) is 0 Å². The zero-order chi connectivity index (χ0) is 18.5. The van der Waals surface area contributed by atoms with Gasteiger partial charge in [0.15, 0.2) is 0 Å². The summed E-state index contributed by atoms with van der Waals surface area (Å²) in [6, 6.07) is 27.3. The van der Waals surface area contributed by atoms with Gasteiger partial charge in [-0.3, -0.25) is 0 Å². The molecule has 0 aliphatic rings. The molecule has 0 atom stereocenters. The van der Waals surface area contributed by atoms with Gasteiger partial charge in [0.2, 0.25) is 0 Å². The quantitative estimate of drug-likeness (QED) is 0.213. The Morgan fingerprint density at radius 3 is 1.81 bits per heavy atom. The molecule has 130 valence electrons. The maximum absolute atomic E-state index is 6.68. The van der Waals surface area contributed by atoms with Crippen molar-refractivity contribution in [3.05, 3.63) is 84.4 Å². The Morgan fingerprint density at radius 1 is 0.481 bits per heavy atom. The minimum Gasteiger partial charge on any atom is -0.398 e. The third-order valence-corrected chi connectivity index (χ3v) is 5.56. The normalized spacial score (nSPS) is 11.4. The van der Waals surface area contributed by atoms with Gasteiger partial charge in [-0.25, -0.2) is 0 Å². The van der Waals surface area contributed by atoms with E-state index in [9.17, 15) is 0 Å². The summed E-state index contributed by atoms with van der Waals surface area (Å²) in [6.07, 6.45) is 0. The first-order valence-electron chi connectivity index (χ1n) is 9.14. The van der Waals surface area contributed by atoms with Crippen molar-refractivity contribution < 1.29 is 0 Å². The van der Waals surface area contributed by atoms with Crippen LogP contribution in [-0.4, -0.2) is 0 Å². The zero-order valence-electron chi connectivity index (χ0n) is 15.2. The lowest BCUT2D eigenvalue weighted by Gasteiger charge is -2.17. The van der Waals surface area contributed by atoms with Crippen LogP contribution in [-0.2, 0) is 0 Å². The van der Waals surface area contributed by atoms with Crippen molar-refractivity contribution in [1.82, 2.24) is 0 Å². The molecule has 0 saturated carbocycles. The van der Waals surface area contributed by atoms with E-state index < -0.39 is 0 Å². The summed E-state index contributed by atoms with van der Waals surface area (Å²) in [5.41, 5.74) is 18.4. The molecule has 0 amide bonds. The lowest BCUT2D eigenvalue weighted by atomic mass is 9.89. The molecule has 0 fully saturated rings. The maximum Gasteiger partial charge on any atom is 0.0481 e. The highest BCUT2D eigenvalue weighted by Gasteiger charge is 2.15. The van der Waals surface area contributed by atoms with Crippen molar-refractivity contribution >= 4 is 43.7 Å². The van der Waals surface area contributed by atoms with E-state index in [1.807, 2.05) is 24.3 Å². The number of rotatable bonds is 1. The Bertz CT molecular complexity index is 1350. The minimum atomic E-state index is 0.785. The fraction of sp³-hybridized carbons (Fsp3) is 0.0400. The van der Waals surface area contributed by atoms with Gasteiger partial charge >= 0.3 is 0 Å². The Hall–Kier alpha value is -3.52. The molecule has 5 aromatic rings. The van der Waals surface area contributed by atoms with Gasteiger partial charge in [0.1, 0.15) is 0 Å². The Kier molecular flexibility index (Phi) is 3.34. The number of benzene rings is 5. The van der Waals surface area contributed by atoms with Gasteiger partial charge in [-0.15, -0.1) is 0 Å². The number of nitrogens with two attached hydrogens (primary N) is 2. The molecule has 0 bridgehead atoms. The highest BCUT2D eigenvalue weighted by atomic mass is 14.6. The van der Waals surface area contributed by atoms with Crippen LogP contribution in [0.15, 0.2) is 78.9 Å². The molecule has 0 aliphatic heterocycles. The number of aryl methyl sites for hydroxylation is 1. The molecular formula is C25H20N2. The van der Waals surface area contributed by atoms with E-state index in [1.165, 1.54) is 21.9 Å². The van der Waals surface area contributed by atoms with Crippen LogP contribution in [0.4, 0.5) is 11.4 Å². The number of nitrogen functional groups attached to an aromatic ring is 2. The number of hydrogen-bond acceptors (Lipinski definition) is 2. The van der Waals surface area contributed by atoms with E-state index >= 15 is 0 Å². The highest BCUT2D eigenvalue weighted by molar-refractivity contribution is 6.23. The standard InChI is InChI=1S/C25H20N2/c1-15-13-14-18(17-8-3-2-7-16(15)17)19-11-6-12-22-23(19)25(27)21-10-5-4-9-20(21)24(22)26/h2-14H,26-27H2,1H3. The van der Waals surface area contributed by atoms with Crippen LogP contribution in [0.2, 0.25) is 0 Å². The van der Waals surface area contributed by atoms with Crippen molar-refractivity contribution in [2.24, 2.45) is 0 Å². The summed E-state index contributed by atoms with van der Waals surface area (Å²) in [4.78, 5) is 0. The van der Waals surface area contributed by atoms with Crippen molar-refractivity contribution in [2.45, 2.75) is 6.92 Å². The van der Waals surface area contributed by atoms with Crippen LogP contribution < -0.4 is 11.5 Å². The maximum atomic E-state index is 6.68. The molecule has 27 heavy (non-hydrogen) atoms. The van der Waals surface area contributed by atoms with Gasteiger partial charge in [-0.2, -0.15) is 0 Å². The lowest BCUT2D eigenvalue weighted by Crippen LogP contribution is -1.97. The second-order valence-electron chi connectivity index (χ2n) is 7.08. The molecule has 5 rings (SSSR count). The van der Waals surface area contributed by atoms with Crippen molar-refractivity contribution in [1.29, 1.82) is 0 Å². The average molecular weight is 348 g/mol. The predicted octanol–water partition coefficient (Wildman–Crippen LogP) is 6.29. The summed E-state index contributed by atoms with van der Waals surface area (Å²) in [7, 11) is 0. The lowest BCUT2D eigenvalue weighted by molar-refractivity contribution is 1.53. The average Bonchev–Trinajstić information content (AvgIpc) is 2.72. The minimum absolute atomic E-state index is 0.785. The number of anilines is 2. The van der Waals surface area contributed by atoms with Crippen LogP contribution in [0.25, 0.3) is 43.4 Å². The molecule has 2 nitrogen and oxygen atoms in total. The number of hydrogen-bond donors (Lipinski definition) is 2. The van der Waals surface area contributed by atoms with Crippen LogP contribution in [0.5, 0.6) is 0 Å². The molecule has 0 aromatic heterocycles. The van der Waals surface area contributed by atoms with E-state index in [-0.39, 0.29) is 0 Å². The van der Waals surface area contributed by atoms with Crippen LogP contribution in [0, 0.1) is 6.92 Å². The van der Waals surface area contributed by atoms with Gasteiger partial charge < -0.3 is 11.5 Å². The fourth-order valence-corrected chi connectivity index (χ4v) is 4.21. The van der Waals surface area contributed by atoms with Crippen molar-refractivity contribution in [3.63, 3.8) is 0 Å². The summed E-state index contributed by atoms with van der Waals surface area (Å²) in [6.45, 7) is 2.15. The molecule has 0 unspecified atom stereocenters. The first kappa shape index (κ1) is 15.7. The Labute approximate surface area is 158 Å². The Morgan fingerprint density at radius 2 is 1.07 bits per heavy atom. The van der Waals surface area contributed by atoms with Crippen molar-refractivity contribution in [2.75, 3.05) is 11.5 Å². The molecule has 4 N–H and O–H groups in total. The molecular weight excluding hydrogens is 328 g/mol. The molecule has 0 saturated heterocycles. The monoisotopic (exact) mass is 348 g/mol. The molecule has 5 aromatic carbocycles. The molecule has 0 spiro atoms. The SMILES string of the molecule is Cc1ccc(-c2cccc3c(N)c4ccccc4c(N)c23)c2ccccc12. The van der Waals surface area contributed by atoms with Gasteiger partial charge in [-0.05, 0) is 34.4 Å².